The van der Waals surface area contributed by atoms with Crippen LogP contribution in [0.2, 0.25) is 0 Å². The summed E-state index contributed by atoms with van der Waals surface area (Å²) in [6.45, 7) is 0. The highest BCUT2D eigenvalue weighted by Gasteiger charge is 2.32. The van der Waals surface area contributed by atoms with E-state index >= 15 is 13.2 Å². The molecule has 3 heterocycles. The van der Waals surface area contributed by atoms with Gasteiger partial charge in [0.05, 0.1) is 138 Å². The Hall–Kier alpha value is -12.6. The molecule has 12 rings (SSSR count). The van der Waals surface area contributed by atoms with Crippen LogP contribution in [0.25, 0.3) is 111 Å². The topological polar surface area (TPSA) is 213 Å². The Morgan fingerprint density at radius 1 is 0.305 bits per heavy atom. The van der Waals surface area contributed by atoms with Gasteiger partial charge in [0.25, 0.3) is 0 Å². The number of halogens is 3. The zero-order chi connectivity index (χ0) is 57.0. The molecule has 0 amide bonds. The Morgan fingerprint density at radius 2 is 0.610 bits per heavy atom. The summed E-state index contributed by atoms with van der Waals surface area (Å²) in [5, 5.41) is 82.0. The highest BCUT2D eigenvalue weighted by molar-refractivity contribution is 6.14. The van der Waals surface area contributed by atoms with Crippen LogP contribution in [0.4, 0.5) is 13.2 Å². The van der Waals surface area contributed by atoms with Crippen LogP contribution in [0.5, 0.6) is 0 Å². The standard InChI is InChI=1S/C68H30F3N11/c69-68(70,71)55-5-10-66(81-62-6-1-47(51-17-39(30-72)13-40(18-51)31-73)25-57(62)58-26-48(2-7-63(58)81)52-19-41(32-74)14-42(20-52)33-75)61(29-55)56-11-12-80-38-67(56)82-64-8-3-49(53-21-43(34-76)15-44(22-53)35-77)27-59(64)60-28-50(4-9-65(60)82)54-23-45(36-78)16-46(24-54)37-79/h1-29,38H. The van der Waals surface area contributed by atoms with Gasteiger partial charge in [0.2, 0.25) is 0 Å². The van der Waals surface area contributed by atoms with E-state index in [1.54, 1.807) is 60.8 Å². The fraction of sp³-hybridized carbons (Fsp3) is 0.0147. The molecule has 0 N–H and O–H groups in total. The number of hydrogen-bond acceptors (Lipinski definition) is 9. The maximum Gasteiger partial charge on any atom is 0.416 e. The van der Waals surface area contributed by atoms with Crippen molar-refractivity contribution < 1.29 is 13.2 Å². The third-order valence-corrected chi connectivity index (χ3v) is 14.5. The van der Waals surface area contributed by atoms with E-state index in [1.807, 2.05) is 81.9 Å². The normalized spacial score (nSPS) is 11.0. The van der Waals surface area contributed by atoms with Crippen LogP contribution >= 0.6 is 0 Å². The lowest BCUT2D eigenvalue weighted by Gasteiger charge is -2.20. The number of pyridine rings is 1. The van der Waals surface area contributed by atoms with Crippen molar-refractivity contribution in [3.05, 3.63) is 232 Å². The quantitative estimate of drug-likeness (QED) is 0.148. The summed E-state index contributed by atoms with van der Waals surface area (Å²) in [5.74, 6) is 0. The number of fused-ring (bicyclic) bond motifs is 6. The zero-order valence-corrected chi connectivity index (χ0v) is 42.4. The van der Waals surface area contributed by atoms with Gasteiger partial charge in [-0.15, -0.1) is 0 Å². The molecule has 0 unspecified atom stereocenters. The third kappa shape index (κ3) is 8.66. The van der Waals surface area contributed by atoms with E-state index in [0.29, 0.717) is 105 Å². The Bertz CT molecular complexity index is 4760. The van der Waals surface area contributed by atoms with Gasteiger partial charge in [-0.2, -0.15) is 55.3 Å². The Kier molecular flexibility index (Phi) is 12.1. The van der Waals surface area contributed by atoms with Gasteiger partial charge in [0.1, 0.15) is 0 Å². The van der Waals surface area contributed by atoms with Crippen molar-refractivity contribution in [1.82, 2.24) is 14.1 Å². The number of benzene rings is 9. The molecule has 9 aromatic carbocycles. The fourth-order valence-electron chi connectivity index (χ4n) is 10.9. The summed E-state index contributed by atoms with van der Waals surface area (Å²) >= 11 is 0. The average Bonchev–Trinajstić information content (AvgIpc) is 4.24. The van der Waals surface area contributed by atoms with E-state index in [4.69, 9.17) is 0 Å². The minimum atomic E-state index is -4.78. The second kappa shape index (κ2) is 19.8. The first-order valence-electron chi connectivity index (χ1n) is 25.0. The zero-order valence-electron chi connectivity index (χ0n) is 42.4. The summed E-state index contributed by atoms with van der Waals surface area (Å²) in [6.07, 6.45) is -1.68. The molecule has 0 spiro atoms. The van der Waals surface area contributed by atoms with Gasteiger partial charge in [0.15, 0.2) is 0 Å². The van der Waals surface area contributed by atoms with E-state index in [9.17, 15) is 42.1 Å². The van der Waals surface area contributed by atoms with Crippen LogP contribution in [-0.4, -0.2) is 14.1 Å². The lowest BCUT2D eigenvalue weighted by atomic mass is 9.97. The van der Waals surface area contributed by atoms with Crippen molar-refractivity contribution in [3.8, 4) is 116 Å². The molecule has 11 nitrogen and oxygen atoms in total. The van der Waals surface area contributed by atoms with Crippen molar-refractivity contribution in [1.29, 1.82) is 42.1 Å². The van der Waals surface area contributed by atoms with Gasteiger partial charge in [-0.25, -0.2) is 0 Å². The maximum atomic E-state index is 15.3. The van der Waals surface area contributed by atoms with E-state index in [0.717, 1.165) is 12.1 Å². The second-order valence-electron chi connectivity index (χ2n) is 19.3. The van der Waals surface area contributed by atoms with Crippen LogP contribution in [0.3, 0.4) is 0 Å². The smallest absolute Gasteiger partial charge is 0.309 e. The molecular weight excluding hydrogens is 1030 g/mol. The number of nitrogens with zero attached hydrogens (tertiary/aromatic N) is 11. The summed E-state index contributed by atoms with van der Waals surface area (Å²) in [5.41, 5.74) is 10.0. The lowest BCUT2D eigenvalue weighted by molar-refractivity contribution is -0.137. The molecule has 0 bridgehead atoms. The Morgan fingerprint density at radius 3 is 0.902 bits per heavy atom. The van der Waals surface area contributed by atoms with E-state index in [2.05, 4.69) is 53.5 Å². The Balaban J connectivity index is 1.14. The first kappa shape index (κ1) is 50.3. The van der Waals surface area contributed by atoms with Crippen molar-refractivity contribution >= 4 is 43.6 Å². The molecule has 0 aliphatic heterocycles. The summed E-state index contributed by atoms with van der Waals surface area (Å²) in [7, 11) is 0. The van der Waals surface area contributed by atoms with Crippen molar-refractivity contribution in [3.63, 3.8) is 0 Å². The van der Waals surface area contributed by atoms with Crippen LogP contribution in [-0.2, 0) is 6.18 Å². The van der Waals surface area contributed by atoms with Crippen molar-refractivity contribution in [2.45, 2.75) is 6.18 Å². The minimum absolute atomic E-state index is 0.179. The van der Waals surface area contributed by atoms with Gasteiger partial charge in [-0.3, -0.25) is 4.98 Å². The highest BCUT2D eigenvalue weighted by atomic mass is 19.4. The molecule has 82 heavy (non-hydrogen) atoms. The molecule has 0 radical (unpaired) electrons. The lowest BCUT2D eigenvalue weighted by Crippen LogP contribution is -2.08. The molecule has 3 aromatic heterocycles. The molecule has 0 fully saturated rings. The van der Waals surface area contributed by atoms with Crippen molar-refractivity contribution in [2.75, 3.05) is 0 Å². The number of nitriles is 8. The average molecular weight is 1060 g/mol. The maximum absolute atomic E-state index is 15.3. The summed E-state index contributed by atoms with van der Waals surface area (Å²) in [4.78, 5) is 4.58. The monoisotopic (exact) mass is 1060 g/mol. The molecule has 0 saturated carbocycles. The first-order valence-corrected chi connectivity index (χ1v) is 25.0. The SMILES string of the molecule is N#Cc1cc(C#N)cc(-c2ccc3c(c2)c2cc(-c4cc(C#N)cc(C#N)c4)ccc2n3-c2ccc(C(F)(F)F)cc2-c2ccncc2-n2c3ccc(-c4cc(C#N)cc(C#N)c4)cc3c3cc(-c4cc(C#N)cc(C#N)c4)ccc32)c1. The number of aromatic nitrogens is 3. The molecular formula is C68H30F3N11. The number of rotatable bonds is 7. The fourth-order valence-corrected chi connectivity index (χ4v) is 10.9. The largest absolute Gasteiger partial charge is 0.416 e. The van der Waals surface area contributed by atoms with Gasteiger partial charge in [-0.05, 0) is 190 Å². The first-order chi connectivity index (χ1) is 39.8. The van der Waals surface area contributed by atoms with E-state index in [1.165, 1.54) is 36.5 Å². The number of alkyl halides is 3. The Labute approximate surface area is 465 Å². The number of hydrogen-bond donors (Lipinski definition) is 0. The molecule has 378 valence electrons. The highest BCUT2D eigenvalue weighted by Crippen LogP contribution is 2.45. The van der Waals surface area contributed by atoms with Gasteiger partial charge < -0.3 is 9.13 Å². The van der Waals surface area contributed by atoms with Crippen LogP contribution < -0.4 is 0 Å². The predicted molar refractivity (Wildman–Crippen MR) is 303 cm³/mol. The molecule has 0 saturated heterocycles. The summed E-state index contributed by atoms with van der Waals surface area (Å²) < 4.78 is 49.6. The van der Waals surface area contributed by atoms with E-state index < -0.39 is 11.7 Å². The van der Waals surface area contributed by atoms with Crippen LogP contribution in [0.15, 0.2) is 182 Å². The third-order valence-electron chi connectivity index (χ3n) is 14.5. The molecule has 0 aliphatic rings. The molecule has 14 heteroatoms. The molecule has 0 atom stereocenters. The molecule has 12 aromatic rings. The van der Waals surface area contributed by atoms with Gasteiger partial charge >= 0.3 is 6.18 Å². The second-order valence-corrected chi connectivity index (χ2v) is 19.3. The van der Waals surface area contributed by atoms with Crippen LogP contribution in [0.1, 0.15) is 50.1 Å². The van der Waals surface area contributed by atoms with Crippen LogP contribution in [0, 0.1) is 90.6 Å². The molecule has 0 aliphatic carbocycles. The van der Waals surface area contributed by atoms with Crippen molar-refractivity contribution in [2.24, 2.45) is 0 Å². The van der Waals surface area contributed by atoms with Gasteiger partial charge in [0, 0.05) is 38.9 Å². The predicted octanol–water partition coefficient (Wildman–Crippen LogP) is 15.6. The van der Waals surface area contributed by atoms with Gasteiger partial charge in [-0.1, -0.05) is 24.3 Å². The summed E-state index contributed by atoms with van der Waals surface area (Å²) in [6, 6.07) is 64.1. The van der Waals surface area contributed by atoms with E-state index in [-0.39, 0.29) is 50.1 Å². The minimum Gasteiger partial charge on any atom is -0.309 e.